The highest BCUT2D eigenvalue weighted by Crippen LogP contribution is 2.19. The molecule has 0 spiro atoms. The van der Waals surface area contributed by atoms with Crippen molar-refractivity contribution in [1.82, 2.24) is 0 Å². The van der Waals surface area contributed by atoms with Crippen molar-refractivity contribution < 1.29 is 14.3 Å². The van der Waals surface area contributed by atoms with Crippen LogP contribution in [0.3, 0.4) is 0 Å². The van der Waals surface area contributed by atoms with E-state index >= 15 is 0 Å². The number of hydrogen-bond donors (Lipinski definition) is 1. The number of ether oxygens (including phenoxy) is 1. The minimum atomic E-state index is -0.716. The van der Waals surface area contributed by atoms with Gasteiger partial charge in [-0.05, 0) is 19.1 Å². The summed E-state index contributed by atoms with van der Waals surface area (Å²) in [6.07, 6.45) is -0.716. The van der Waals surface area contributed by atoms with Gasteiger partial charge in [0, 0.05) is 12.1 Å². The monoisotopic (exact) mass is 268 g/mol. The van der Waals surface area contributed by atoms with Gasteiger partial charge in [-0.25, -0.2) is 0 Å². The van der Waals surface area contributed by atoms with Crippen molar-refractivity contribution in [1.29, 1.82) is 0 Å². The Balaban J connectivity index is 2.30. The third kappa shape index (κ3) is 2.83. The molecule has 0 radical (unpaired) electrons. The fourth-order valence-electron chi connectivity index (χ4n) is 1.58. The molecule has 2 aromatic rings. The molecule has 0 aliphatic carbocycles. The summed E-state index contributed by atoms with van der Waals surface area (Å²) < 4.78 is 10.8. The van der Waals surface area contributed by atoms with Gasteiger partial charge in [0.2, 0.25) is 0 Å². The summed E-state index contributed by atoms with van der Waals surface area (Å²) in [7, 11) is 0. The second-order valence-corrected chi connectivity index (χ2v) is 4.31. The summed E-state index contributed by atoms with van der Waals surface area (Å²) >= 11 is 5.46. The van der Waals surface area contributed by atoms with E-state index in [-0.39, 0.29) is 17.9 Å². The van der Waals surface area contributed by atoms with Gasteiger partial charge >= 0.3 is 0 Å². The molecule has 4 nitrogen and oxygen atoms in total. The van der Waals surface area contributed by atoms with E-state index in [0.717, 1.165) is 0 Å². The number of aliphatic hydroxyl groups excluding tert-OH is 1. The Hall–Kier alpha value is -1.52. The largest absolute Gasteiger partial charge is 0.491 e. The van der Waals surface area contributed by atoms with E-state index in [2.05, 4.69) is 0 Å². The van der Waals surface area contributed by atoms with Crippen molar-refractivity contribution in [3.8, 4) is 5.75 Å². The maximum Gasteiger partial charge on any atom is 0.192 e. The van der Waals surface area contributed by atoms with Crippen LogP contribution in [0.1, 0.15) is 5.76 Å². The minimum Gasteiger partial charge on any atom is -0.491 e. The molecule has 1 unspecified atom stereocenters. The molecule has 0 saturated heterocycles. The van der Waals surface area contributed by atoms with Gasteiger partial charge in [-0.3, -0.25) is 4.79 Å². The van der Waals surface area contributed by atoms with Crippen LogP contribution in [0.4, 0.5) is 0 Å². The van der Waals surface area contributed by atoms with Crippen molar-refractivity contribution in [2.24, 2.45) is 0 Å². The number of rotatable bonds is 4. The molecule has 1 aromatic carbocycles. The predicted octanol–water partition coefficient (Wildman–Crippen LogP) is 2.08. The van der Waals surface area contributed by atoms with Crippen LogP contribution in [0, 0.1) is 6.92 Å². The highest BCUT2D eigenvalue weighted by atomic mass is 35.5. The average Bonchev–Trinajstić information content (AvgIpc) is 2.35. The highest BCUT2D eigenvalue weighted by molar-refractivity contribution is 6.18. The molecule has 1 atom stereocenters. The second-order valence-electron chi connectivity index (χ2n) is 4.00. The van der Waals surface area contributed by atoms with Gasteiger partial charge in [-0.1, -0.05) is 0 Å². The number of benzene rings is 1. The summed E-state index contributed by atoms with van der Waals surface area (Å²) in [6.45, 7) is 1.82. The van der Waals surface area contributed by atoms with E-state index in [1.165, 1.54) is 6.07 Å². The molecular weight excluding hydrogens is 256 g/mol. The zero-order valence-electron chi connectivity index (χ0n) is 9.85. The van der Waals surface area contributed by atoms with Gasteiger partial charge in [0.15, 0.2) is 5.43 Å². The molecule has 0 aliphatic heterocycles. The summed E-state index contributed by atoms with van der Waals surface area (Å²) in [5.74, 6) is 1.19. The maximum absolute atomic E-state index is 11.7. The van der Waals surface area contributed by atoms with E-state index in [4.69, 9.17) is 20.8 Å². The van der Waals surface area contributed by atoms with Crippen LogP contribution in [-0.4, -0.2) is 23.7 Å². The quantitative estimate of drug-likeness (QED) is 0.863. The Bertz CT molecular complexity index is 605. The molecule has 1 aromatic heterocycles. The van der Waals surface area contributed by atoms with Gasteiger partial charge in [-0.15, -0.1) is 11.6 Å². The van der Waals surface area contributed by atoms with Gasteiger partial charge < -0.3 is 14.3 Å². The normalized spacial score (nSPS) is 12.6. The van der Waals surface area contributed by atoms with Gasteiger partial charge in [0.25, 0.3) is 0 Å². The predicted molar refractivity (Wildman–Crippen MR) is 69.4 cm³/mol. The Morgan fingerprint density at radius 3 is 2.94 bits per heavy atom. The number of hydrogen-bond acceptors (Lipinski definition) is 4. The molecule has 96 valence electrons. The topological polar surface area (TPSA) is 59.7 Å². The number of aliphatic hydroxyl groups is 1. The lowest BCUT2D eigenvalue weighted by molar-refractivity contribution is 0.125. The first kappa shape index (κ1) is 12.9. The molecule has 5 heteroatoms. The summed E-state index contributed by atoms with van der Waals surface area (Å²) in [5, 5.41) is 9.80. The fraction of sp³-hybridized carbons (Fsp3) is 0.308. The highest BCUT2D eigenvalue weighted by Gasteiger charge is 2.06. The lowest BCUT2D eigenvalue weighted by Gasteiger charge is -2.09. The van der Waals surface area contributed by atoms with Gasteiger partial charge in [-0.2, -0.15) is 0 Å². The Labute approximate surface area is 109 Å². The van der Waals surface area contributed by atoms with E-state index in [1.807, 2.05) is 0 Å². The lowest BCUT2D eigenvalue weighted by Crippen LogP contribution is -2.18. The Morgan fingerprint density at radius 2 is 2.22 bits per heavy atom. The number of aryl methyl sites for hydroxylation is 1. The smallest absolute Gasteiger partial charge is 0.192 e. The van der Waals surface area contributed by atoms with Crippen LogP contribution < -0.4 is 10.2 Å². The average molecular weight is 269 g/mol. The molecule has 0 aliphatic rings. The van der Waals surface area contributed by atoms with Crippen LogP contribution in [-0.2, 0) is 0 Å². The minimum absolute atomic E-state index is 0.0823. The molecular formula is C13H13ClO4. The van der Waals surface area contributed by atoms with E-state index in [0.29, 0.717) is 22.5 Å². The zero-order valence-corrected chi connectivity index (χ0v) is 10.6. The SMILES string of the molecule is Cc1cc(=O)c2ccc(OCC(O)CCl)cc2o1. The van der Waals surface area contributed by atoms with Gasteiger partial charge in [0.05, 0.1) is 11.3 Å². The van der Waals surface area contributed by atoms with Crippen molar-refractivity contribution >= 4 is 22.6 Å². The third-order valence-corrected chi connectivity index (χ3v) is 2.80. The van der Waals surface area contributed by atoms with Crippen LogP contribution in [0.2, 0.25) is 0 Å². The van der Waals surface area contributed by atoms with Crippen LogP contribution in [0.25, 0.3) is 11.0 Å². The zero-order chi connectivity index (χ0) is 13.1. The molecule has 0 amide bonds. The first-order chi connectivity index (χ1) is 8.60. The van der Waals surface area contributed by atoms with Crippen molar-refractivity contribution in [2.45, 2.75) is 13.0 Å². The van der Waals surface area contributed by atoms with E-state index in [9.17, 15) is 9.90 Å². The molecule has 0 fully saturated rings. The van der Waals surface area contributed by atoms with Crippen LogP contribution >= 0.6 is 11.6 Å². The third-order valence-electron chi connectivity index (χ3n) is 2.44. The fourth-order valence-corrected chi connectivity index (χ4v) is 1.67. The summed E-state index contributed by atoms with van der Waals surface area (Å²) in [5.41, 5.74) is 0.388. The molecule has 0 saturated carbocycles. The second kappa shape index (κ2) is 5.42. The number of halogens is 1. The van der Waals surface area contributed by atoms with Gasteiger partial charge in [0.1, 0.15) is 29.8 Å². The number of alkyl halides is 1. The number of fused-ring (bicyclic) bond motifs is 1. The molecule has 0 bridgehead atoms. The van der Waals surface area contributed by atoms with Crippen molar-refractivity contribution in [3.05, 3.63) is 40.2 Å². The van der Waals surface area contributed by atoms with Crippen LogP contribution in [0.15, 0.2) is 33.5 Å². The summed E-state index contributed by atoms with van der Waals surface area (Å²) in [6, 6.07) is 6.38. The van der Waals surface area contributed by atoms with E-state index in [1.54, 1.807) is 25.1 Å². The molecule has 18 heavy (non-hydrogen) atoms. The maximum atomic E-state index is 11.7. The first-order valence-corrected chi connectivity index (χ1v) is 6.05. The van der Waals surface area contributed by atoms with Crippen LogP contribution in [0.5, 0.6) is 5.75 Å². The lowest BCUT2D eigenvalue weighted by atomic mass is 10.2. The van der Waals surface area contributed by atoms with E-state index < -0.39 is 6.10 Å². The molecule has 1 heterocycles. The molecule has 1 N–H and O–H groups in total. The summed E-state index contributed by atoms with van der Waals surface area (Å²) in [4.78, 5) is 11.7. The van der Waals surface area contributed by atoms with Crippen molar-refractivity contribution in [3.63, 3.8) is 0 Å². The first-order valence-electron chi connectivity index (χ1n) is 5.51. The van der Waals surface area contributed by atoms with Crippen molar-refractivity contribution in [2.75, 3.05) is 12.5 Å². The Kier molecular flexibility index (Phi) is 3.89. The molecule has 2 rings (SSSR count). The Morgan fingerprint density at radius 1 is 1.44 bits per heavy atom. The standard InChI is InChI=1S/C13H13ClO4/c1-8-4-12(16)11-3-2-10(5-13(11)18-8)17-7-9(15)6-14/h2-5,9,15H,6-7H2,1H3.